The maximum atomic E-state index is 12.4. The number of hydrogen-bond acceptors (Lipinski definition) is 6. The summed E-state index contributed by atoms with van der Waals surface area (Å²) in [5.41, 5.74) is 0.800. The molecule has 0 spiro atoms. The van der Waals surface area contributed by atoms with Crippen molar-refractivity contribution in [3.8, 4) is 11.5 Å². The molecule has 0 saturated carbocycles. The molecule has 0 bridgehead atoms. The van der Waals surface area contributed by atoms with Gasteiger partial charge in [-0.25, -0.2) is 8.42 Å². The van der Waals surface area contributed by atoms with Gasteiger partial charge in [0, 0.05) is 12.1 Å². The zero-order valence-electron chi connectivity index (χ0n) is 16.4. The van der Waals surface area contributed by atoms with Gasteiger partial charge in [0.2, 0.25) is 5.91 Å². The van der Waals surface area contributed by atoms with Crippen LogP contribution in [0.25, 0.3) is 6.08 Å². The molecule has 1 amide bonds. The van der Waals surface area contributed by atoms with Gasteiger partial charge >= 0.3 is 0 Å². The molecule has 154 valence electrons. The molecule has 2 unspecified atom stereocenters. The van der Waals surface area contributed by atoms with E-state index in [4.69, 9.17) is 9.47 Å². The quantitative estimate of drug-likeness (QED) is 0.688. The molecule has 2 heterocycles. The third kappa shape index (κ3) is 5.05. The van der Waals surface area contributed by atoms with Gasteiger partial charge < -0.3 is 14.8 Å². The molecular weight excluding hydrogens is 380 g/mol. The van der Waals surface area contributed by atoms with Crippen LogP contribution in [0.1, 0.15) is 25.3 Å². The Labute approximate surface area is 166 Å². The number of methoxy groups -OCH3 is 1. The van der Waals surface area contributed by atoms with Gasteiger partial charge in [0.1, 0.15) is 0 Å². The summed E-state index contributed by atoms with van der Waals surface area (Å²) in [7, 11) is -1.55. The third-order valence-corrected chi connectivity index (χ3v) is 6.89. The molecule has 7 nitrogen and oxygen atoms in total. The van der Waals surface area contributed by atoms with Gasteiger partial charge in [-0.1, -0.05) is 6.07 Å². The smallest absolute Gasteiger partial charge is 0.244 e. The maximum absolute atomic E-state index is 12.4. The summed E-state index contributed by atoms with van der Waals surface area (Å²) < 4.78 is 35.0. The number of sulfone groups is 1. The lowest BCUT2D eigenvalue weighted by molar-refractivity contribution is -0.117. The predicted octanol–water partition coefficient (Wildman–Crippen LogP) is 1.48. The van der Waals surface area contributed by atoms with E-state index < -0.39 is 9.84 Å². The summed E-state index contributed by atoms with van der Waals surface area (Å²) in [6.45, 7) is 4.20. The summed E-state index contributed by atoms with van der Waals surface area (Å²) in [6, 6.07) is 4.93. The Morgan fingerprint density at radius 2 is 2.00 bits per heavy atom. The Kier molecular flexibility index (Phi) is 6.61. The van der Waals surface area contributed by atoms with Crippen molar-refractivity contribution in [2.24, 2.45) is 0 Å². The summed E-state index contributed by atoms with van der Waals surface area (Å²) in [4.78, 5) is 14.6. The Bertz CT molecular complexity index is 831. The van der Waals surface area contributed by atoms with Gasteiger partial charge in [-0.3, -0.25) is 9.69 Å². The molecule has 0 radical (unpaired) electrons. The minimum Gasteiger partial charge on any atom is -0.493 e. The largest absolute Gasteiger partial charge is 0.493 e. The summed E-state index contributed by atoms with van der Waals surface area (Å²) >= 11 is 0. The minimum atomic E-state index is -3.13. The summed E-state index contributed by atoms with van der Waals surface area (Å²) in [6.07, 6.45) is 5.28. The highest BCUT2D eigenvalue weighted by Gasteiger charge is 2.42. The fraction of sp³-hybridized carbons (Fsp3) is 0.550. The van der Waals surface area contributed by atoms with Crippen LogP contribution in [0.5, 0.6) is 11.5 Å². The molecule has 8 heteroatoms. The number of likely N-dealkylation sites (tertiary alicyclic amines) is 1. The van der Waals surface area contributed by atoms with Crippen molar-refractivity contribution in [2.75, 3.05) is 38.3 Å². The predicted molar refractivity (Wildman–Crippen MR) is 108 cm³/mol. The van der Waals surface area contributed by atoms with Crippen molar-refractivity contribution in [3.63, 3.8) is 0 Å². The normalized spacial score (nSPS) is 24.5. The highest BCUT2D eigenvalue weighted by Crippen LogP contribution is 2.28. The summed E-state index contributed by atoms with van der Waals surface area (Å²) in [5, 5.41) is 2.89. The highest BCUT2D eigenvalue weighted by molar-refractivity contribution is 7.91. The number of rotatable bonds is 7. The highest BCUT2D eigenvalue weighted by atomic mass is 32.2. The minimum absolute atomic E-state index is 0.00473. The molecule has 2 fully saturated rings. The van der Waals surface area contributed by atoms with Crippen LogP contribution in [0.15, 0.2) is 24.3 Å². The molecule has 1 aromatic rings. The number of ether oxygens (including phenoxy) is 2. The average molecular weight is 409 g/mol. The number of carbonyl (C=O) groups is 1. The van der Waals surface area contributed by atoms with Crippen molar-refractivity contribution >= 4 is 21.8 Å². The van der Waals surface area contributed by atoms with Crippen LogP contribution < -0.4 is 14.8 Å². The second kappa shape index (κ2) is 8.96. The van der Waals surface area contributed by atoms with E-state index in [1.807, 2.05) is 13.0 Å². The molecule has 0 aromatic heterocycles. The number of nitrogens with zero attached hydrogens (tertiary/aromatic N) is 1. The van der Waals surface area contributed by atoms with Gasteiger partial charge in [-0.2, -0.15) is 0 Å². The van der Waals surface area contributed by atoms with E-state index in [0.29, 0.717) is 18.1 Å². The van der Waals surface area contributed by atoms with Crippen LogP contribution in [0.3, 0.4) is 0 Å². The van der Waals surface area contributed by atoms with E-state index in [0.717, 1.165) is 31.5 Å². The van der Waals surface area contributed by atoms with Gasteiger partial charge in [-0.05, 0) is 56.6 Å². The number of hydrogen-bond donors (Lipinski definition) is 1. The molecule has 2 aliphatic heterocycles. The van der Waals surface area contributed by atoms with E-state index in [2.05, 4.69) is 10.2 Å². The van der Waals surface area contributed by atoms with Gasteiger partial charge in [0.15, 0.2) is 21.3 Å². The molecule has 0 aliphatic carbocycles. The molecule has 3 rings (SSSR count). The SMILES string of the molecule is CCOc1cc(/C=C/C(=O)NC2CS(=O)(=O)CC2N2CCCC2)ccc1OC. The first kappa shape index (κ1) is 20.7. The number of nitrogens with one attached hydrogen (secondary N) is 1. The Morgan fingerprint density at radius 1 is 1.25 bits per heavy atom. The van der Waals surface area contributed by atoms with Crippen LogP contribution in [-0.4, -0.2) is 69.6 Å². The third-order valence-electron chi connectivity index (χ3n) is 5.17. The average Bonchev–Trinajstić information content (AvgIpc) is 3.28. The van der Waals surface area contributed by atoms with Gasteiger partial charge in [0.05, 0.1) is 31.3 Å². The second-order valence-corrected chi connectivity index (χ2v) is 9.33. The number of amides is 1. The second-order valence-electron chi connectivity index (χ2n) is 7.18. The zero-order chi connectivity index (χ0) is 20.1. The molecule has 1 aromatic carbocycles. The van der Waals surface area contributed by atoms with Crippen molar-refractivity contribution in [2.45, 2.75) is 31.8 Å². The Morgan fingerprint density at radius 3 is 2.68 bits per heavy atom. The molecule has 1 N–H and O–H groups in total. The van der Waals surface area contributed by atoms with Crippen LogP contribution in [0, 0.1) is 0 Å². The summed E-state index contributed by atoms with van der Waals surface area (Å²) in [5.74, 6) is 1.08. The number of carbonyl (C=O) groups excluding carboxylic acids is 1. The first-order valence-electron chi connectivity index (χ1n) is 9.65. The molecule has 2 saturated heterocycles. The van der Waals surface area contributed by atoms with Crippen LogP contribution >= 0.6 is 0 Å². The fourth-order valence-corrected chi connectivity index (χ4v) is 5.82. The van der Waals surface area contributed by atoms with Gasteiger partial charge in [0.25, 0.3) is 0 Å². The number of benzene rings is 1. The lowest BCUT2D eigenvalue weighted by Crippen LogP contribution is -2.49. The van der Waals surface area contributed by atoms with Crippen LogP contribution in [0.4, 0.5) is 0 Å². The Balaban J connectivity index is 1.66. The molecule has 28 heavy (non-hydrogen) atoms. The van der Waals surface area contributed by atoms with Crippen molar-refractivity contribution in [1.82, 2.24) is 10.2 Å². The lowest BCUT2D eigenvalue weighted by atomic mass is 10.1. The topological polar surface area (TPSA) is 84.9 Å². The van der Waals surface area contributed by atoms with E-state index in [-0.39, 0.29) is 29.5 Å². The molecule has 2 aliphatic rings. The van der Waals surface area contributed by atoms with E-state index in [9.17, 15) is 13.2 Å². The van der Waals surface area contributed by atoms with Crippen molar-refractivity contribution in [3.05, 3.63) is 29.8 Å². The van der Waals surface area contributed by atoms with Crippen LogP contribution in [-0.2, 0) is 14.6 Å². The van der Waals surface area contributed by atoms with Crippen molar-refractivity contribution in [1.29, 1.82) is 0 Å². The van der Waals surface area contributed by atoms with E-state index in [1.165, 1.54) is 6.08 Å². The first-order valence-corrected chi connectivity index (χ1v) is 11.5. The molecular formula is C20H28N2O5S. The van der Waals surface area contributed by atoms with Crippen molar-refractivity contribution < 1.29 is 22.7 Å². The fourth-order valence-electron chi connectivity index (χ4n) is 3.87. The van der Waals surface area contributed by atoms with Gasteiger partial charge in [-0.15, -0.1) is 0 Å². The monoisotopic (exact) mass is 408 g/mol. The lowest BCUT2D eigenvalue weighted by Gasteiger charge is -2.28. The zero-order valence-corrected chi connectivity index (χ0v) is 17.2. The first-order chi connectivity index (χ1) is 13.4. The maximum Gasteiger partial charge on any atom is 0.244 e. The van der Waals surface area contributed by atoms with Crippen LogP contribution in [0.2, 0.25) is 0 Å². The Hall–Kier alpha value is -2.06. The van der Waals surface area contributed by atoms with E-state index >= 15 is 0 Å². The van der Waals surface area contributed by atoms with E-state index in [1.54, 1.807) is 25.3 Å². The molecule has 2 atom stereocenters. The standard InChI is InChI=1S/C20H28N2O5S/c1-3-27-19-12-15(6-8-18(19)26-2)7-9-20(23)21-16-13-28(24,25)14-17(16)22-10-4-5-11-22/h6-9,12,16-17H,3-5,10-11,13-14H2,1-2H3,(H,21,23)/b9-7+.